The van der Waals surface area contributed by atoms with Crippen LogP contribution in [0.1, 0.15) is 30.1 Å². The Hall–Kier alpha value is -2.69. The highest BCUT2D eigenvalue weighted by Crippen LogP contribution is 2.32. The molecule has 4 nitrogen and oxygen atoms in total. The monoisotopic (exact) mass is 323 g/mol. The van der Waals surface area contributed by atoms with Crippen LogP contribution in [0.25, 0.3) is 5.65 Å². The van der Waals surface area contributed by atoms with Crippen molar-refractivity contribution in [1.82, 2.24) is 14.3 Å². The zero-order valence-electron chi connectivity index (χ0n) is 13.2. The first-order chi connectivity index (χ1) is 11.7. The van der Waals surface area contributed by atoms with Crippen LogP contribution >= 0.6 is 0 Å². The van der Waals surface area contributed by atoms with Gasteiger partial charge in [0.2, 0.25) is 5.91 Å². The summed E-state index contributed by atoms with van der Waals surface area (Å²) in [6.07, 6.45) is 5.96. The molecule has 1 aliphatic heterocycles. The predicted molar refractivity (Wildman–Crippen MR) is 89.0 cm³/mol. The molecule has 0 unspecified atom stereocenters. The van der Waals surface area contributed by atoms with Gasteiger partial charge in [0, 0.05) is 24.6 Å². The maximum atomic E-state index is 13.0. The molecular formula is C19H18FN3O. The van der Waals surface area contributed by atoms with Crippen molar-refractivity contribution in [3.8, 4) is 0 Å². The summed E-state index contributed by atoms with van der Waals surface area (Å²) in [5.74, 6) is -0.196. The molecule has 0 N–H and O–H groups in total. The second kappa shape index (κ2) is 6.07. The quantitative estimate of drug-likeness (QED) is 0.741. The van der Waals surface area contributed by atoms with Crippen LogP contribution in [0.2, 0.25) is 0 Å². The van der Waals surface area contributed by atoms with Crippen molar-refractivity contribution in [1.29, 1.82) is 0 Å². The van der Waals surface area contributed by atoms with Crippen LogP contribution in [0.4, 0.5) is 4.39 Å². The summed E-state index contributed by atoms with van der Waals surface area (Å²) >= 11 is 0. The topological polar surface area (TPSA) is 37.6 Å². The number of hydrogen-bond donors (Lipinski definition) is 0. The summed E-state index contributed by atoms with van der Waals surface area (Å²) in [5, 5.41) is 0. The first kappa shape index (κ1) is 14.9. The van der Waals surface area contributed by atoms with E-state index in [0.717, 1.165) is 36.3 Å². The fourth-order valence-electron chi connectivity index (χ4n) is 3.49. The van der Waals surface area contributed by atoms with Crippen LogP contribution in [0.3, 0.4) is 0 Å². The van der Waals surface area contributed by atoms with E-state index in [2.05, 4.69) is 11.1 Å². The highest BCUT2D eigenvalue weighted by Gasteiger charge is 2.31. The number of halogens is 1. The Bertz CT molecular complexity index is 872. The van der Waals surface area contributed by atoms with Gasteiger partial charge < -0.3 is 9.30 Å². The van der Waals surface area contributed by atoms with E-state index in [0.29, 0.717) is 6.42 Å². The third-order valence-electron chi connectivity index (χ3n) is 4.64. The summed E-state index contributed by atoms with van der Waals surface area (Å²) < 4.78 is 15.1. The molecule has 3 heterocycles. The Morgan fingerprint density at radius 3 is 2.88 bits per heavy atom. The van der Waals surface area contributed by atoms with Crippen LogP contribution in [0, 0.1) is 5.82 Å². The molecule has 3 aromatic rings. The van der Waals surface area contributed by atoms with Gasteiger partial charge in [-0.05, 0) is 42.7 Å². The van der Waals surface area contributed by atoms with Crippen LogP contribution < -0.4 is 0 Å². The van der Waals surface area contributed by atoms with Gasteiger partial charge in [0.05, 0.1) is 12.5 Å². The van der Waals surface area contributed by atoms with Crippen LogP contribution in [-0.4, -0.2) is 26.7 Å². The average molecular weight is 323 g/mol. The number of nitrogens with zero attached hydrogens (tertiary/aromatic N) is 3. The van der Waals surface area contributed by atoms with Gasteiger partial charge in [0.25, 0.3) is 0 Å². The SMILES string of the molecule is O=C(Cc1ccc(F)cc1)N1CCC[C@@H]1c1cccc2nccn12. The lowest BCUT2D eigenvalue weighted by atomic mass is 10.1. The lowest BCUT2D eigenvalue weighted by molar-refractivity contribution is -0.131. The van der Waals surface area contributed by atoms with Gasteiger partial charge in [0.1, 0.15) is 11.5 Å². The smallest absolute Gasteiger partial charge is 0.227 e. The zero-order valence-corrected chi connectivity index (χ0v) is 13.2. The molecule has 4 rings (SSSR count). The average Bonchev–Trinajstić information content (AvgIpc) is 3.25. The number of aromatic nitrogens is 2. The van der Waals surface area contributed by atoms with Gasteiger partial charge in [-0.1, -0.05) is 18.2 Å². The molecule has 1 aliphatic rings. The van der Waals surface area contributed by atoms with Crippen molar-refractivity contribution in [2.75, 3.05) is 6.54 Å². The van der Waals surface area contributed by atoms with Crippen molar-refractivity contribution < 1.29 is 9.18 Å². The number of amides is 1. The number of benzene rings is 1. The van der Waals surface area contributed by atoms with E-state index in [9.17, 15) is 9.18 Å². The highest BCUT2D eigenvalue weighted by molar-refractivity contribution is 5.79. The number of fused-ring (bicyclic) bond motifs is 1. The van der Waals surface area contributed by atoms with Crippen molar-refractivity contribution in [3.63, 3.8) is 0 Å². The van der Waals surface area contributed by atoms with Crippen molar-refractivity contribution in [3.05, 3.63) is 71.9 Å². The molecule has 2 aromatic heterocycles. The Labute approximate surface area is 139 Å². The number of imidazole rings is 1. The van der Waals surface area contributed by atoms with Crippen molar-refractivity contribution >= 4 is 11.6 Å². The Morgan fingerprint density at radius 2 is 2.04 bits per heavy atom. The number of hydrogen-bond acceptors (Lipinski definition) is 2. The van der Waals surface area contributed by atoms with Crippen LogP contribution in [0.15, 0.2) is 54.9 Å². The van der Waals surface area contributed by atoms with E-state index in [1.807, 2.05) is 27.6 Å². The van der Waals surface area contributed by atoms with E-state index in [1.165, 1.54) is 12.1 Å². The van der Waals surface area contributed by atoms with E-state index in [4.69, 9.17) is 0 Å². The first-order valence-electron chi connectivity index (χ1n) is 8.18. The van der Waals surface area contributed by atoms with Gasteiger partial charge in [0.15, 0.2) is 0 Å². The molecule has 1 aromatic carbocycles. The third-order valence-corrected chi connectivity index (χ3v) is 4.64. The number of likely N-dealkylation sites (tertiary alicyclic amines) is 1. The summed E-state index contributed by atoms with van der Waals surface area (Å²) in [6.45, 7) is 0.760. The Kier molecular flexibility index (Phi) is 3.76. The molecule has 1 saturated heterocycles. The minimum atomic E-state index is -0.281. The molecule has 0 bridgehead atoms. The summed E-state index contributed by atoms with van der Waals surface area (Å²) in [6, 6.07) is 12.2. The molecule has 1 fully saturated rings. The molecule has 0 aliphatic carbocycles. The van der Waals surface area contributed by atoms with Gasteiger partial charge in [-0.3, -0.25) is 4.79 Å². The van der Waals surface area contributed by atoms with E-state index >= 15 is 0 Å². The summed E-state index contributed by atoms with van der Waals surface area (Å²) in [7, 11) is 0. The van der Waals surface area contributed by atoms with Gasteiger partial charge in [-0.25, -0.2) is 9.37 Å². The van der Waals surface area contributed by atoms with E-state index < -0.39 is 0 Å². The summed E-state index contributed by atoms with van der Waals surface area (Å²) in [5.41, 5.74) is 2.83. The molecule has 0 saturated carbocycles. The number of carbonyl (C=O) groups is 1. The standard InChI is InChI=1S/C19H18FN3O/c20-15-8-6-14(7-9-15)13-19(24)23-11-2-4-17(23)16-3-1-5-18-21-10-12-22(16)18/h1,3,5-10,12,17H,2,4,11,13H2/t17-/m1/s1. The second-order valence-corrected chi connectivity index (χ2v) is 6.15. The largest absolute Gasteiger partial charge is 0.334 e. The second-order valence-electron chi connectivity index (χ2n) is 6.15. The number of rotatable bonds is 3. The van der Waals surface area contributed by atoms with Crippen molar-refractivity contribution in [2.24, 2.45) is 0 Å². The predicted octanol–water partition coefficient (Wildman–Crippen LogP) is 3.38. The molecule has 122 valence electrons. The molecule has 0 radical (unpaired) electrons. The first-order valence-corrected chi connectivity index (χ1v) is 8.18. The Balaban J connectivity index is 1.59. The molecule has 5 heteroatoms. The highest BCUT2D eigenvalue weighted by atomic mass is 19.1. The fourth-order valence-corrected chi connectivity index (χ4v) is 3.49. The number of carbonyl (C=O) groups excluding carboxylic acids is 1. The molecule has 24 heavy (non-hydrogen) atoms. The zero-order chi connectivity index (χ0) is 16.5. The molecule has 1 amide bonds. The molecule has 0 spiro atoms. The third kappa shape index (κ3) is 2.66. The van der Waals surface area contributed by atoms with Gasteiger partial charge in [-0.2, -0.15) is 0 Å². The van der Waals surface area contributed by atoms with Crippen LogP contribution in [-0.2, 0) is 11.2 Å². The molecular weight excluding hydrogens is 305 g/mol. The van der Waals surface area contributed by atoms with Crippen molar-refractivity contribution in [2.45, 2.75) is 25.3 Å². The van der Waals surface area contributed by atoms with Gasteiger partial charge >= 0.3 is 0 Å². The fraction of sp³-hybridized carbons (Fsp3) is 0.263. The maximum Gasteiger partial charge on any atom is 0.227 e. The Morgan fingerprint density at radius 1 is 1.21 bits per heavy atom. The number of pyridine rings is 1. The minimum Gasteiger partial charge on any atom is -0.334 e. The lowest BCUT2D eigenvalue weighted by Crippen LogP contribution is -2.32. The summed E-state index contributed by atoms with van der Waals surface area (Å²) in [4.78, 5) is 19.0. The maximum absolute atomic E-state index is 13.0. The van der Waals surface area contributed by atoms with Crippen LogP contribution in [0.5, 0.6) is 0 Å². The minimum absolute atomic E-state index is 0.0656. The van der Waals surface area contributed by atoms with E-state index in [-0.39, 0.29) is 17.8 Å². The van der Waals surface area contributed by atoms with Gasteiger partial charge in [-0.15, -0.1) is 0 Å². The molecule has 1 atom stereocenters. The normalized spacial score (nSPS) is 17.5. The van der Waals surface area contributed by atoms with E-state index in [1.54, 1.807) is 18.3 Å². The lowest BCUT2D eigenvalue weighted by Gasteiger charge is -2.26.